The van der Waals surface area contributed by atoms with E-state index in [0.717, 1.165) is 21.3 Å². The standard InChI is InChI=1S/C14H15N3O2S/c1-15-14-17-13-12(20-14)9(7-11(18)16-13)8-5-3-4-6-10(8)19-2/h3-6,9H,7H2,1-2H3,(H,15,17)(H,16,18)/t9-/m0/s1. The fourth-order valence-corrected chi connectivity index (χ4v) is 3.42. The highest BCUT2D eigenvalue weighted by atomic mass is 32.1. The molecule has 0 saturated carbocycles. The molecule has 1 aromatic carbocycles. The van der Waals surface area contributed by atoms with Gasteiger partial charge in [0.05, 0.1) is 12.0 Å². The molecule has 5 nitrogen and oxygen atoms in total. The van der Waals surface area contributed by atoms with Crippen molar-refractivity contribution in [2.45, 2.75) is 12.3 Å². The van der Waals surface area contributed by atoms with Crippen LogP contribution in [0.5, 0.6) is 5.75 Å². The van der Waals surface area contributed by atoms with Crippen LogP contribution >= 0.6 is 11.3 Å². The molecule has 0 bridgehead atoms. The minimum Gasteiger partial charge on any atom is -0.496 e. The lowest BCUT2D eigenvalue weighted by Crippen LogP contribution is -2.22. The van der Waals surface area contributed by atoms with E-state index in [1.165, 1.54) is 0 Å². The van der Waals surface area contributed by atoms with Crippen LogP contribution in [0, 0.1) is 0 Å². The van der Waals surface area contributed by atoms with Crippen LogP contribution in [0.15, 0.2) is 24.3 Å². The topological polar surface area (TPSA) is 63.3 Å². The Bertz CT molecular complexity index is 654. The fourth-order valence-electron chi connectivity index (χ4n) is 2.43. The minimum atomic E-state index is -0.0126. The van der Waals surface area contributed by atoms with E-state index in [2.05, 4.69) is 15.6 Å². The average Bonchev–Trinajstić information content (AvgIpc) is 2.89. The van der Waals surface area contributed by atoms with Crippen molar-refractivity contribution >= 4 is 28.2 Å². The van der Waals surface area contributed by atoms with Crippen molar-refractivity contribution in [2.75, 3.05) is 24.8 Å². The number of aromatic nitrogens is 1. The van der Waals surface area contributed by atoms with Gasteiger partial charge in [-0.1, -0.05) is 29.5 Å². The molecular weight excluding hydrogens is 274 g/mol. The molecule has 1 aliphatic rings. The van der Waals surface area contributed by atoms with E-state index in [9.17, 15) is 4.79 Å². The lowest BCUT2D eigenvalue weighted by molar-refractivity contribution is -0.116. The second-order valence-electron chi connectivity index (χ2n) is 4.53. The summed E-state index contributed by atoms with van der Waals surface area (Å²) in [6, 6.07) is 7.81. The number of carbonyl (C=O) groups is 1. The first-order chi connectivity index (χ1) is 9.72. The molecule has 0 fully saturated rings. The average molecular weight is 289 g/mol. The lowest BCUT2D eigenvalue weighted by Gasteiger charge is -2.23. The van der Waals surface area contributed by atoms with Gasteiger partial charge in [-0.3, -0.25) is 4.79 Å². The maximum atomic E-state index is 11.9. The van der Waals surface area contributed by atoms with Crippen LogP contribution in [-0.4, -0.2) is 25.0 Å². The van der Waals surface area contributed by atoms with Gasteiger partial charge in [-0.25, -0.2) is 4.98 Å². The van der Waals surface area contributed by atoms with Crippen molar-refractivity contribution < 1.29 is 9.53 Å². The number of thiazole rings is 1. The van der Waals surface area contributed by atoms with Gasteiger partial charge >= 0.3 is 0 Å². The fraction of sp³-hybridized carbons (Fsp3) is 0.286. The molecule has 20 heavy (non-hydrogen) atoms. The zero-order valence-corrected chi connectivity index (χ0v) is 12.1. The Balaban J connectivity index is 2.10. The van der Waals surface area contributed by atoms with Crippen LogP contribution < -0.4 is 15.4 Å². The molecule has 3 rings (SSSR count). The first-order valence-electron chi connectivity index (χ1n) is 6.34. The van der Waals surface area contributed by atoms with Crippen LogP contribution in [0.3, 0.4) is 0 Å². The second kappa shape index (κ2) is 5.13. The lowest BCUT2D eigenvalue weighted by atomic mass is 9.91. The highest BCUT2D eigenvalue weighted by molar-refractivity contribution is 7.16. The van der Waals surface area contributed by atoms with Crippen LogP contribution in [-0.2, 0) is 4.79 Å². The Morgan fingerprint density at radius 2 is 2.25 bits per heavy atom. The molecule has 2 heterocycles. The van der Waals surface area contributed by atoms with Crippen LogP contribution in [0.1, 0.15) is 22.8 Å². The summed E-state index contributed by atoms with van der Waals surface area (Å²) in [5.74, 6) is 1.44. The third-order valence-electron chi connectivity index (χ3n) is 3.35. The van der Waals surface area contributed by atoms with Gasteiger partial charge in [0.25, 0.3) is 0 Å². The smallest absolute Gasteiger partial charge is 0.226 e. The molecule has 0 aliphatic carbocycles. The summed E-state index contributed by atoms with van der Waals surface area (Å²) in [7, 11) is 3.47. The molecule has 1 aromatic heterocycles. The number of nitrogens with one attached hydrogen (secondary N) is 2. The Morgan fingerprint density at radius 3 is 3.00 bits per heavy atom. The second-order valence-corrected chi connectivity index (χ2v) is 5.56. The van der Waals surface area contributed by atoms with E-state index >= 15 is 0 Å². The maximum Gasteiger partial charge on any atom is 0.226 e. The van der Waals surface area contributed by atoms with Gasteiger partial charge in [-0.05, 0) is 6.07 Å². The number of anilines is 2. The molecule has 6 heteroatoms. The van der Waals surface area contributed by atoms with Crippen LogP contribution in [0.4, 0.5) is 10.9 Å². The quantitative estimate of drug-likeness (QED) is 0.912. The number of benzene rings is 1. The largest absolute Gasteiger partial charge is 0.496 e. The summed E-state index contributed by atoms with van der Waals surface area (Å²) in [4.78, 5) is 17.4. The normalized spacial score (nSPS) is 17.3. The van der Waals surface area contributed by atoms with Crippen LogP contribution in [0.2, 0.25) is 0 Å². The Hall–Kier alpha value is -2.08. The number of rotatable bonds is 3. The van der Waals surface area contributed by atoms with Gasteiger partial charge in [0, 0.05) is 24.9 Å². The number of amides is 1. The number of methoxy groups -OCH3 is 1. The third kappa shape index (κ3) is 2.12. The molecular formula is C14H15N3O2S. The monoisotopic (exact) mass is 289 g/mol. The van der Waals surface area contributed by atoms with Gasteiger partial charge in [-0.15, -0.1) is 0 Å². The highest BCUT2D eigenvalue weighted by Crippen LogP contribution is 2.44. The Morgan fingerprint density at radius 1 is 1.45 bits per heavy atom. The van der Waals surface area contributed by atoms with Crippen LogP contribution in [0.25, 0.3) is 0 Å². The van der Waals surface area contributed by atoms with Gasteiger partial charge < -0.3 is 15.4 Å². The van der Waals surface area contributed by atoms with Crippen molar-refractivity contribution in [1.82, 2.24) is 4.98 Å². The van der Waals surface area contributed by atoms with E-state index in [0.29, 0.717) is 12.2 Å². The van der Waals surface area contributed by atoms with Gasteiger partial charge in [0.2, 0.25) is 5.91 Å². The molecule has 0 radical (unpaired) electrons. The molecule has 0 unspecified atom stereocenters. The SMILES string of the molecule is CNc1nc2c(s1)[C@H](c1ccccc1OC)CC(=O)N2. The molecule has 1 aliphatic heterocycles. The Labute approximate surface area is 121 Å². The van der Waals surface area contributed by atoms with Gasteiger partial charge in [0.15, 0.2) is 5.13 Å². The van der Waals surface area contributed by atoms with E-state index in [1.807, 2.05) is 31.3 Å². The van der Waals surface area contributed by atoms with Gasteiger partial charge in [0.1, 0.15) is 11.6 Å². The highest BCUT2D eigenvalue weighted by Gasteiger charge is 2.31. The summed E-state index contributed by atoms with van der Waals surface area (Å²) in [5, 5.41) is 6.66. The van der Waals surface area contributed by atoms with Crippen molar-refractivity contribution in [2.24, 2.45) is 0 Å². The number of ether oxygens (including phenoxy) is 1. The zero-order chi connectivity index (χ0) is 14.1. The van der Waals surface area contributed by atoms with Gasteiger partial charge in [-0.2, -0.15) is 0 Å². The molecule has 0 spiro atoms. The van der Waals surface area contributed by atoms with E-state index in [-0.39, 0.29) is 11.8 Å². The number of nitrogens with zero attached hydrogens (tertiary/aromatic N) is 1. The third-order valence-corrected chi connectivity index (χ3v) is 4.53. The van der Waals surface area contributed by atoms with Crippen molar-refractivity contribution in [3.63, 3.8) is 0 Å². The minimum absolute atomic E-state index is 0.00509. The zero-order valence-electron chi connectivity index (χ0n) is 11.3. The number of hydrogen-bond donors (Lipinski definition) is 2. The molecule has 2 N–H and O–H groups in total. The summed E-state index contributed by atoms with van der Waals surface area (Å²) in [6.45, 7) is 0. The van der Waals surface area contributed by atoms with Crippen molar-refractivity contribution in [1.29, 1.82) is 0 Å². The number of hydrogen-bond acceptors (Lipinski definition) is 5. The molecule has 1 atom stereocenters. The first kappa shape index (κ1) is 12.9. The number of para-hydroxylation sites is 1. The predicted molar refractivity (Wildman–Crippen MR) is 79.7 cm³/mol. The summed E-state index contributed by atoms with van der Waals surface area (Å²) >= 11 is 1.57. The van der Waals surface area contributed by atoms with E-state index in [1.54, 1.807) is 18.4 Å². The summed E-state index contributed by atoms with van der Waals surface area (Å²) in [6.07, 6.45) is 0.415. The molecule has 0 saturated heterocycles. The van der Waals surface area contributed by atoms with E-state index < -0.39 is 0 Å². The molecule has 2 aromatic rings. The Kier molecular flexibility index (Phi) is 3.31. The first-order valence-corrected chi connectivity index (χ1v) is 7.15. The summed E-state index contributed by atoms with van der Waals surface area (Å²) in [5.41, 5.74) is 1.03. The predicted octanol–water partition coefficient (Wildman–Crippen LogP) is 2.67. The van der Waals surface area contributed by atoms with E-state index in [4.69, 9.17) is 4.74 Å². The number of fused-ring (bicyclic) bond motifs is 1. The maximum absolute atomic E-state index is 11.9. The van der Waals surface area contributed by atoms with Crippen molar-refractivity contribution in [3.8, 4) is 5.75 Å². The molecule has 1 amide bonds. The number of carbonyl (C=O) groups excluding carboxylic acids is 1. The summed E-state index contributed by atoms with van der Waals surface area (Å²) < 4.78 is 5.42. The van der Waals surface area contributed by atoms with Crippen molar-refractivity contribution in [3.05, 3.63) is 34.7 Å². The molecule has 104 valence electrons.